The van der Waals surface area contributed by atoms with Gasteiger partial charge >= 0.3 is 0 Å². The molecule has 1 N–H and O–H groups in total. The van der Waals surface area contributed by atoms with E-state index in [1.54, 1.807) is 0 Å². The van der Waals surface area contributed by atoms with E-state index >= 15 is 0 Å². The zero-order valence-corrected chi connectivity index (χ0v) is 6.45. The van der Waals surface area contributed by atoms with Crippen LogP contribution in [-0.4, -0.2) is 32.9 Å². The number of quaternary nitrogens is 1. The fraction of sp³-hybridized carbons (Fsp3) is 1.00. The maximum Gasteiger partial charge on any atom is 0.167 e. The Hall–Kier alpha value is 0.350. The third-order valence-corrected chi connectivity index (χ3v) is 1.34. The van der Waals surface area contributed by atoms with E-state index in [9.17, 15) is 0 Å². The Morgan fingerprint density at radius 1 is 1.29 bits per heavy atom. The average Bonchev–Trinajstić information content (AvgIpc) is 1.27. The standard InChI is InChI=1S/C4H13N2P/c1-5(2)7-6(3)4/h7H,1-4H3/p+1. The highest BCUT2D eigenvalue weighted by Crippen LogP contribution is 1.95. The summed E-state index contributed by atoms with van der Waals surface area (Å²) >= 11 is 0. The molecule has 0 saturated carbocycles. The second kappa shape index (κ2) is 3.36. The van der Waals surface area contributed by atoms with Crippen LogP contribution in [0.2, 0.25) is 0 Å². The van der Waals surface area contributed by atoms with E-state index in [1.807, 2.05) is 0 Å². The van der Waals surface area contributed by atoms with Crippen LogP contribution in [0.3, 0.4) is 0 Å². The SMILES string of the molecule is CN(C)P[NH+](C)C. The number of hydrogen-bond acceptors (Lipinski definition) is 1. The molecule has 0 bridgehead atoms. The van der Waals surface area contributed by atoms with Crippen LogP contribution in [-0.2, 0) is 0 Å². The van der Waals surface area contributed by atoms with Crippen LogP contribution >= 0.6 is 8.88 Å². The minimum absolute atomic E-state index is 0.895. The molecule has 7 heavy (non-hydrogen) atoms. The highest BCUT2D eigenvalue weighted by Gasteiger charge is 1.92. The molecule has 2 nitrogen and oxygen atoms in total. The lowest BCUT2D eigenvalue weighted by molar-refractivity contribution is -0.716. The maximum absolute atomic E-state index is 2.19. The fourth-order valence-corrected chi connectivity index (χ4v) is 1.34. The number of nitrogens with zero attached hydrogens (tertiary/aromatic N) is 1. The van der Waals surface area contributed by atoms with Crippen molar-refractivity contribution in [3.8, 4) is 0 Å². The lowest BCUT2D eigenvalue weighted by atomic mass is 11.3. The molecule has 0 saturated heterocycles. The Labute approximate surface area is 47.4 Å². The topological polar surface area (TPSA) is 7.68 Å². The molecule has 0 rings (SSSR count). The minimum atomic E-state index is 0.895. The van der Waals surface area contributed by atoms with Gasteiger partial charge in [0.15, 0.2) is 8.88 Å². The minimum Gasteiger partial charge on any atom is -0.316 e. The number of rotatable bonds is 2. The Morgan fingerprint density at radius 2 is 1.71 bits per heavy atom. The predicted molar refractivity (Wildman–Crippen MR) is 34.8 cm³/mol. The van der Waals surface area contributed by atoms with Gasteiger partial charge in [-0.2, -0.15) is 0 Å². The second-order valence-electron chi connectivity index (χ2n) is 2.01. The summed E-state index contributed by atoms with van der Waals surface area (Å²) in [6, 6.07) is 0. The van der Waals surface area contributed by atoms with Crippen molar-refractivity contribution >= 4 is 8.88 Å². The molecule has 0 aromatic rings. The van der Waals surface area contributed by atoms with Crippen molar-refractivity contribution in [2.45, 2.75) is 0 Å². The van der Waals surface area contributed by atoms with Crippen molar-refractivity contribution in [2.75, 3.05) is 28.2 Å². The molecule has 1 atom stereocenters. The fourth-order valence-electron chi connectivity index (χ4n) is 0.447. The summed E-state index contributed by atoms with van der Waals surface area (Å²) in [5, 5.41) is 0. The van der Waals surface area contributed by atoms with Gasteiger partial charge < -0.3 is 4.67 Å². The van der Waals surface area contributed by atoms with Crippen molar-refractivity contribution in [1.29, 1.82) is 0 Å². The molecule has 0 fully saturated rings. The summed E-state index contributed by atoms with van der Waals surface area (Å²) in [6.07, 6.45) is 0. The molecule has 0 amide bonds. The lowest BCUT2D eigenvalue weighted by Gasteiger charge is -2.10. The lowest BCUT2D eigenvalue weighted by Crippen LogP contribution is -2.97. The van der Waals surface area contributed by atoms with Crippen molar-refractivity contribution in [1.82, 2.24) is 4.67 Å². The smallest absolute Gasteiger partial charge is 0.167 e. The van der Waals surface area contributed by atoms with Crippen molar-refractivity contribution in [3.05, 3.63) is 0 Å². The van der Waals surface area contributed by atoms with Crippen LogP contribution in [0.1, 0.15) is 0 Å². The monoisotopic (exact) mass is 121 g/mol. The van der Waals surface area contributed by atoms with E-state index in [0.717, 1.165) is 8.88 Å². The highest BCUT2D eigenvalue weighted by atomic mass is 31.1. The zero-order chi connectivity index (χ0) is 5.86. The van der Waals surface area contributed by atoms with Gasteiger partial charge in [-0.15, -0.1) is 0 Å². The van der Waals surface area contributed by atoms with E-state index in [1.165, 1.54) is 4.67 Å². The quantitative estimate of drug-likeness (QED) is 0.470. The first-order valence-electron chi connectivity index (χ1n) is 2.37. The molecule has 1 unspecified atom stereocenters. The van der Waals surface area contributed by atoms with Crippen molar-refractivity contribution in [2.24, 2.45) is 0 Å². The summed E-state index contributed by atoms with van der Waals surface area (Å²) in [5.41, 5.74) is 0. The molecule has 3 heteroatoms. The molecule has 0 aromatic heterocycles. The molecule has 0 aliphatic carbocycles. The number of hydrogen-bond donors (Lipinski definition) is 1. The Bertz CT molecular complexity index is 39.0. The third-order valence-electron chi connectivity index (χ3n) is 0.447. The van der Waals surface area contributed by atoms with Gasteiger partial charge in [0.25, 0.3) is 0 Å². The van der Waals surface area contributed by atoms with Gasteiger partial charge in [-0.05, 0) is 14.1 Å². The van der Waals surface area contributed by atoms with Crippen molar-refractivity contribution < 1.29 is 4.67 Å². The normalized spacial score (nSPS) is 12.9. The second-order valence-corrected chi connectivity index (χ2v) is 4.12. The van der Waals surface area contributed by atoms with Gasteiger partial charge in [-0.25, -0.2) is 4.67 Å². The van der Waals surface area contributed by atoms with E-state index in [-0.39, 0.29) is 0 Å². The molecule has 0 aliphatic rings. The van der Waals surface area contributed by atoms with Crippen LogP contribution in [0.4, 0.5) is 0 Å². The van der Waals surface area contributed by atoms with Crippen LogP contribution in [0.15, 0.2) is 0 Å². The van der Waals surface area contributed by atoms with Gasteiger partial charge in [0, 0.05) is 0 Å². The molecule has 0 heterocycles. The third kappa shape index (κ3) is 6.35. The predicted octanol–water partition coefficient (Wildman–Crippen LogP) is -0.799. The summed E-state index contributed by atoms with van der Waals surface area (Å²) in [6.45, 7) is 0. The summed E-state index contributed by atoms with van der Waals surface area (Å²) in [5.74, 6) is 0. The van der Waals surface area contributed by atoms with E-state index < -0.39 is 0 Å². The Kier molecular flexibility index (Phi) is 3.53. The van der Waals surface area contributed by atoms with Crippen LogP contribution in [0.25, 0.3) is 0 Å². The molecule has 0 aromatic carbocycles. The highest BCUT2D eigenvalue weighted by molar-refractivity contribution is 7.27. The molecule has 0 aliphatic heterocycles. The van der Waals surface area contributed by atoms with Gasteiger partial charge in [0.1, 0.15) is 0 Å². The first kappa shape index (κ1) is 7.35. The maximum atomic E-state index is 2.19. The van der Waals surface area contributed by atoms with Gasteiger partial charge in [0.2, 0.25) is 0 Å². The summed E-state index contributed by atoms with van der Waals surface area (Å²) in [4.78, 5) is 0. The number of nitrogens with one attached hydrogen (secondary N) is 1. The van der Waals surface area contributed by atoms with Crippen molar-refractivity contribution in [3.63, 3.8) is 0 Å². The van der Waals surface area contributed by atoms with E-state index in [0.29, 0.717) is 0 Å². The molecular formula is C4H14N2P+. The van der Waals surface area contributed by atoms with Gasteiger partial charge in [-0.3, -0.25) is 0 Å². The van der Waals surface area contributed by atoms with E-state index in [2.05, 4.69) is 32.9 Å². The molecular weight excluding hydrogens is 107 g/mol. The van der Waals surface area contributed by atoms with Gasteiger partial charge in [-0.1, -0.05) is 0 Å². The largest absolute Gasteiger partial charge is 0.316 e. The van der Waals surface area contributed by atoms with Crippen LogP contribution in [0, 0.1) is 0 Å². The average molecular weight is 121 g/mol. The first-order valence-corrected chi connectivity index (χ1v) is 3.32. The zero-order valence-electron chi connectivity index (χ0n) is 5.45. The Morgan fingerprint density at radius 3 is 1.71 bits per heavy atom. The van der Waals surface area contributed by atoms with Gasteiger partial charge in [0.05, 0.1) is 14.1 Å². The van der Waals surface area contributed by atoms with E-state index in [4.69, 9.17) is 0 Å². The van der Waals surface area contributed by atoms with Crippen LogP contribution in [0.5, 0.6) is 0 Å². The first-order chi connectivity index (χ1) is 3.13. The molecule has 44 valence electrons. The van der Waals surface area contributed by atoms with Crippen LogP contribution < -0.4 is 4.67 Å². The summed E-state index contributed by atoms with van der Waals surface area (Å²) < 4.78 is 3.68. The summed E-state index contributed by atoms with van der Waals surface area (Å²) in [7, 11) is 9.38. The molecule has 0 radical (unpaired) electrons. The Balaban J connectivity index is 2.95. The molecule has 0 spiro atoms.